The molecule has 1 saturated heterocycles. The number of pyridine rings is 1. The molecule has 5 rings (SSSR count). The molecule has 2 aliphatic rings. The molecular weight excluding hydrogens is 386 g/mol. The van der Waals surface area contributed by atoms with Crippen molar-refractivity contribution in [3.8, 4) is 5.69 Å². The van der Waals surface area contributed by atoms with Crippen LogP contribution < -0.4 is 5.32 Å². The molecular formula is C25H29N5O. The Kier molecular flexibility index (Phi) is 5.55. The third kappa shape index (κ3) is 4.54. The number of nitrogens with one attached hydrogen (secondary N) is 1. The highest BCUT2D eigenvalue weighted by Gasteiger charge is 2.58. The molecule has 1 aliphatic heterocycles. The van der Waals surface area contributed by atoms with Crippen LogP contribution in [-0.4, -0.2) is 45.2 Å². The number of carbonyl (C=O) groups excluding carboxylic acids is 1. The summed E-state index contributed by atoms with van der Waals surface area (Å²) in [7, 11) is 0. The highest BCUT2D eigenvalue weighted by Crippen LogP contribution is 2.59. The third-order valence-electron chi connectivity index (χ3n) is 6.83. The molecule has 31 heavy (non-hydrogen) atoms. The first-order chi connectivity index (χ1) is 15.2. The van der Waals surface area contributed by atoms with E-state index in [1.54, 1.807) is 6.20 Å². The second-order valence-corrected chi connectivity index (χ2v) is 8.89. The van der Waals surface area contributed by atoms with E-state index in [0.717, 1.165) is 56.7 Å². The fourth-order valence-electron chi connectivity index (χ4n) is 4.83. The van der Waals surface area contributed by atoms with Crippen LogP contribution in [0.4, 0.5) is 0 Å². The minimum absolute atomic E-state index is 0.194. The van der Waals surface area contributed by atoms with Crippen molar-refractivity contribution in [3.63, 3.8) is 0 Å². The van der Waals surface area contributed by atoms with E-state index in [9.17, 15) is 4.79 Å². The molecule has 1 unspecified atom stereocenters. The summed E-state index contributed by atoms with van der Waals surface area (Å²) >= 11 is 0. The summed E-state index contributed by atoms with van der Waals surface area (Å²) in [5.41, 5.74) is 3.58. The van der Waals surface area contributed by atoms with Gasteiger partial charge in [0, 0.05) is 49.1 Å². The number of para-hydroxylation sites is 1. The van der Waals surface area contributed by atoms with Gasteiger partial charge in [-0.15, -0.1) is 0 Å². The Hall–Kier alpha value is -2.99. The van der Waals surface area contributed by atoms with Crippen LogP contribution in [0.3, 0.4) is 0 Å². The fraction of sp³-hybridized carbons (Fsp3) is 0.400. The smallest absolute Gasteiger partial charge is 0.223 e. The highest BCUT2D eigenvalue weighted by atomic mass is 16.2. The molecule has 1 aliphatic carbocycles. The molecule has 3 heterocycles. The number of nitrogens with zero attached hydrogens (tertiary/aromatic N) is 4. The van der Waals surface area contributed by atoms with Crippen molar-refractivity contribution in [1.29, 1.82) is 0 Å². The van der Waals surface area contributed by atoms with Crippen LogP contribution in [0.15, 0.2) is 67.1 Å². The topological polar surface area (TPSA) is 63.1 Å². The molecule has 0 bridgehead atoms. The second kappa shape index (κ2) is 8.63. The van der Waals surface area contributed by atoms with Crippen molar-refractivity contribution < 1.29 is 4.79 Å². The number of hydrogen-bond acceptors (Lipinski definition) is 4. The van der Waals surface area contributed by atoms with Gasteiger partial charge in [-0.25, -0.2) is 4.68 Å². The van der Waals surface area contributed by atoms with Gasteiger partial charge in [0.2, 0.25) is 5.91 Å². The Labute approximate surface area is 183 Å². The van der Waals surface area contributed by atoms with Crippen LogP contribution in [0, 0.1) is 11.3 Å². The molecule has 3 aromatic rings. The molecule has 6 heteroatoms. The first-order valence-corrected chi connectivity index (χ1v) is 11.2. The summed E-state index contributed by atoms with van der Waals surface area (Å²) in [5.74, 6) is 0.424. The van der Waals surface area contributed by atoms with Crippen LogP contribution in [0.5, 0.6) is 0 Å². The number of piperidine rings is 1. The Morgan fingerprint density at radius 3 is 2.68 bits per heavy atom. The molecule has 160 valence electrons. The summed E-state index contributed by atoms with van der Waals surface area (Å²) < 4.78 is 1.94. The number of rotatable bonds is 7. The predicted molar refractivity (Wildman–Crippen MR) is 120 cm³/mol. The van der Waals surface area contributed by atoms with Crippen LogP contribution in [0.25, 0.3) is 5.69 Å². The van der Waals surface area contributed by atoms with Crippen LogP contribution in [0.1, 0.15) is 30.5 Å². The van der Waals surface area contributed by atoms with Crippen molar-refractivity contribution in [3.05, 3.63) is 78.4 Å². The van der Waals surface area contributed by atoms with E-state index < -0.39 is 0 Å². The van der Waals surface area contributed by atoms with Crippen LogP contribution in [-0.2, 0) is 17.8 Å². The average molecular weight is 416 g/mol. The maximum atomic E-state index is 12.6. The number of hydrogen-bond donors (Lipinski definition) is 1. The Balaban J connectivity index is 1.07. The standard InChI is InChI=1S/C25H29N5O/c31-24(27-13-9-21-6-4-5-12-26-21)23-16-25(23)10-14-29(15-11-25)18-20-17-28-30(19-20)22-7-2-1-3-8-22/h1-8,12,17,19,23H,9-11,13-16,18H2,(H,27,31). The highest BCUT2D eigenvalue weighted by molar-refractivity contribution is 5.82. The van der Waals surface area contributed by atoms with Gasteiger partial charge in [-0.1, -0.05) is 24.3 Å². The third-order valence-corrected chi connectivity index (χ3v) is 6.83. The normalized spacial score (nSPS) is 19.9. The number of amides is 1. The summed E-state index contributed by atoms with van der Waals surface area (Å²) in [4.78, 5) is 19.4. The van der Waals surface area contributed by atoms with Gasteiger partial charge in [-0.2, -0.15) is 5.10 Å². The van der Waals surface area contributed by atoms with Crippen molar-refractivity contribution >= 4 is 5.91 Å². The largest absolute Gasteiger partial charge is 0.355 e. The molecule has 2 fully saturated rings. The SMILES string of the molecule is O=C(NCCc1ccccn1)C1CC12CCN(Cc1cnn(-c3ccccc3)c1)CC2. The molecule has 0 radical (unpaired) electrons. The van der Waals surface area contributed by atoms with Crippen LogP contribution in [0.2, 0.25) is 0 Å². The molecule has 1 spiro atoms. The van der Waals surface area contributed by atoms with Gasteiger partial charge in [0.25, 0.3) is 0 Å². The minimum atomic E-state index is 0.194. The minimum Gasteiger partial charge on any atom is -0.355 e. The lowest BCUT2D eigenvalue weighted by Crippen LogP contribution is -2.37. The lowest BCUT2D eigenvalue weighted by atomic mass is 9.90. The molecule has 1 aromatic carbocycles. The molecule has 2 aromatic heterocycles. The summed E-state index contributed by atoms with van der Waals surface area (Å²) in [5, 5.41) is 7.64. The predicted octanol–water partition coefficient (Wildman–Crippen LogP) is 3.23. The van der Waals surface area contributed by atoms with Gasteiger partial charge in [0.05, 0.1) is 11.9 Å². The number of carbonyl (C=O) groups is 1. The van der Waals surface area contributed by atoms with Crippen molar-refractivity contribution in [2.75, 3.05) is 19.6 Å². The van der Waals surface area contributed by atoms with Crippen molar-refractivity contribution in [2.24, 2.45) is 11.3 Å². The van der Waals surface area contributed by atoms with Gasteiger partial charge in [-0.05, 0) is 62.0 Å². The zero-order valence-corrected chi connectivity index (χ0v) is 17.8. The second-order valence-electron chi connectivity index (χ2n) is 8.89. The van der Waals surface area contributed by atoms with E-state index in [0.29, 0.717) is 6.54 Å². The van der Waals surface area contributed by atoms with Crippen molar-refractivity contribution in [1.82, 2.24) is 25.0 Å². The molecule has 6 nitrogen and oxygen atoms in total. The number of aromatic nitrogens is 3. The Morgan fingerprint density at radius 1 is 1.10 bits per heavy atom. The lowest BCUT2D eigenvalue weighted by molar-refractivity contribution is -0.123. The number of benzene rings is 1. The molecule has 1 atom stereocenters. The first-order valence-electron chi connectivity index (χ1n) is 11.2. The lowest BCUT2D eigenvalue weighted by Gasteiger charge is -2.32. The Morgan fingerprint density at radius 2 is 1.90 bits per heavy atom. The van der Waals surface area contributed by atoms with Crippen LogP contribution >= 0.6 is 0 Å². The van der Waals surface area contributed by atoms with E-state index in [2.05, 4.69) is 38.6 Å². The maximum Gasteiger partial charge on any atom is 0.223 e. The van der Waals surface area contributed by atoms with Gasteiger partial charge in [0.15, 0.2) is 0 Å². The fourth-order valence-corrected chi connectivity index (χ4v) is 4.83. The zero-order valence-electron chi connectivity index (χ0n) is 17.8. The van der Waals surface area contributed by atoms with E-state index in [1.807, 2.05) is 47.3 Å². The van der Waals surface area contributed by atoms with Gasteiger partial charge < -0.3 is 5.32 Å². The average Bonchev–Trinajstić information content (AvgIpc) is 3.31. The summed E-state index contributed by atoms with van der Waals surface area (Å²) in [6.45, 7) is 3.69. The first kappa shape index (κ1) is 19.9. The summed E-state index contributed by atoms with van der Waals surface area (Å²) in [6.07, 6.45) is 9.93. The van der Waals surface area contributed by atoms with Gasteiger partial charge >= 0.3 is 0 Å². The van der Waals surface area contributed by atoms with Gasteiger partial charge in [-0.3, -0.25) is 14.7 Å². The number of likely N-dealkylation sites (tertiary alicyclic amines) is 1. The van der Waals surface area contributed by atoms with Gasteiger partial charge in [0.1, 0.15) is 0 Å². The maximum absolute atomic E-state index is 12.6. The summed E-state index contributed by atoms with van der Waals surface area (Å²) in [6, 6.07) is 16.1. The van der Waals surface area contributed by atoms with E-state index >= 15 is 0 Å². The molecule has 1 amide bonds. The molecule has 1 saturated carbocycles. The van der Waals surface area contributed by atoms with E-state index in [-0.39, 0.29) is 17.2 Å². The zero-order chi connectivity index (χ0) is 21.1. The Bertz CT molecular complexity index is 1010. The van der Waals surface area contributed by atoms with E-state index in [1.165, 1.54) is 5.56 Å². The monoisotopic (exact) mass is 415 g/mol. The van der Waals surface area contributed by atoms with E-state index in [4.69, 9.17) is 0 Å². The quantitative estimate of drug-likeness (QED) is 0.644. The van der Waals surface area contributed by atoms with Crippen molar-refractivity contribution in [2.45, 2.75) is 32.2 Å². The molecule has 1 N–H and O–H groups in total.